The molecule has 1 heterocycles. The second kappa shape index (κ2) is 11.8. The standard InChI is InChI=1S/C27H26Cl2N4O2S/c1-4-18-8-10-20(11-9-18)26(34)30-17(2)25-31-32-27(33(25)24-15-21(28)12-13-23(24)29)36-16-19-6-5-7-22(14-19)35-3/h5-15,17H,4,16H2,1-3H3,(H,30,34). The second-order valence-electron chi connectivity index (χ2n) is 8.16. The number of carbonyl (C=O) groups is 1. The summed E-state index contributed by atoms with van der Waals surface area (Å²) in [6.45, 7) is 3.95. The van der Waals surface area contributed by atoms with Gasteiger partial charge in [0.25, 0.3) is 5.91 Å². The van der Waals surface area contributed by atoms with Gasteiger partial charge in [0.1, 0.15) is 5.75 Å². The average molecular weight is 542 g/mol. The molecule has 186 valence electrons. The molecule has 0 aliphatic heterocycles. The van der Waals surface area contributed by atoms with Gasteiger partial charge in [-0.15, -0.1) is 10.2 Å². The summed E-state index contributed by atoms with van der Waals surface area (Å²) < 4.78 is 7.19. The van der Waals surface area contributed by atoms with Crippen molar-refractivity contribution in [2.24, 2.45) is 0 Å². The Morgan fingerprint density at radius 2 is 1.83 bits per heavy atom. The summed E-state index contributed by atoms with van der Waals surface area (Å²) in [6.07, 6.45) is 0.915. The Morgan fingerprint density at radius 1 is 1.06 bits per heavy atom. The lowest BCUT2D eigenvalue weighted by Crippen LogP contribution is -2.28. The number of hydrogen-bond donors (Lipinski definition) is 1. The zero-order chi connectivity index (χ0) is 25.7. The predicted molar refractivity (Wildman–Crippen MR) is 146 cm³/mol. The number of benzene rings is 3. The monoisotopic (exact) mass is 540 g/mol. The first-order valence-corrected chi connectivity index (χ1v) is 13.2. The van der Waals surface area contributed by atoms with E-state index in [-0.39, 0.29) is 5.91 Å². The van der Waals surface area contributed by atoms with E-state index in [1.54, 1.807) is 25.3 Å². The third kappa shape index (κ3) is 6.03. The lowest BCUT2D eigenvalue weighted by Gasteiger charge is -2.17. The molecule has 0 saturated carbocycles. The number of halogens is 2. The van der Waals surface area contributed by atoms with Gasteiger partial charge in [0.15, 0.2) is 11.0 Å². The van der Waals surface area contributed by atoms with Gasteiger partial charge in [-0.25, -0.2) is 0 Å². The SMILES string of the molecule is CCc1ccc(C(=O)NC(C)c2nnc(SCc3cccc(OC)c3)n2-c2cc(Cl)ccc2Cl)cc1. The number of aryl methyl sites for hydroxylation is 1. The van der Waals surface area contributed by atoms with Crippen LogP contribution in [0.5, 0.6) is 5.75 Å². The van der Waals surface area contributed by atoms with Gasteiger partial charge in [0.2, 0.25) is 0 Å². The molecule has 4 rings (SSSR count). The van der Waals surface area contributed by atoms with Crippen LogP contribution in [0, 0.1) is 0 Å². The third-order valence-electron chi connectivity index (χ3n) is 5.67. The van der Waals surface area contributed by atoms with E-state index in [1.165, 1.54) is 17.3 Å². The zero-order valence-electron chi connectivity index (χ0n) is 20.2. The molecule has 3 aromatic carbocycles. The third-order valence-corrected chi connectivity index (χ3v) is 7.22. The first-order chi connectivity index (χ1) is 17.4. The van der Waals surface area contributed by atoms with Crippen molar-refractivity contribution >= 4 is 40.9 Å². The van der Waals surface area contributed by atoms with Gasteiger partial charge in [-0.3, -0.25) is 9.36 Å². The summed E-state index contributed by atoms with van der Waals surface area (Å²) in [7, 11) is 1.64. The van der Waals surface area contributed by atoms with Crippen LogP contribution in [0.15, 0.2) is 71.9 Å². The summed E-state index contributed by atoms with van der Waals surface area (Å²) in [6, 6.07) is 20.2. The summed E-state index contributed by atoms with van der Waals surface area (Å²) in [4.78, 5) is 12.9. The van der Waals surface area contributed by atoms with Crippen molar-refractivity contribution < 1.29 is 9.53 Å². The van der Waals surface area contributed by atoms with Crippen LogP contribution in [0.1, 0.15) is 47.2 Å². The fraction of sp³-hybridized carbons (Fsp3) is 0.222. The zero-order valence-corrected chi connectivity index (χ0v) is 22.5. The normalized spacial score (nSPS) is 11.8. The number of methoxy groups -OCH3 is 1. The Balaban J connectivity index is 1.64. The summed E-state index contributed by atoms with van der Waals surface area (Å²) >= 11 is 14.4. The molecule has 0 spiro atoms. The molecular weight excluding hydrogens is 515 g/mol. The largest absolute Gasteiger partial charge is 0.497 e. The molecule has 9 heteroatoms. The minimum Gasteiger partial charge on any atom is -0.497 e. The fourth-order valence-corrected chi connectivity index (χ4v) is 4.95. The molecule has 0 aliphatic rings. The lowest BCUT2D eigenvalue weighted by molar-refractivity contribution is 0.0938. The van der Waals surface area contributed by atoms with Gasteiger partial charge in [0.05, 0.1) is 23.9 Å². The summed E-state index contributed by atoms with van der Waals surface area (Å²) in [5.41, 5.74) is 3.47. The van der Waals surface area contributed by atoms with Crippen LogP contribution in [0.4, 0.5) is 0 Å². The average Bonchev–Trinajstić information content (AvgIpc) is 3.33. The molecule has 1 aromatic heterocycles. The topological polar surface area (TPSA) is 69.0 Å². The summed E-state index contributed by atoms with van der Waals surface area (Å²) in [5, 5.41) is 13.6. The number of ether oxygens (including phenoxy) is 1. The van der Waals surface area contributed by atoms with Crippen LogP contribution in [0.2, 0.25) is 10.0 Å². The van der Waals surface area contributed by atoms with Gasteiger partial charge in [-0.1, -0.05) is 66.2 Å². The Hall–Kier alpha value is -3.00. The number of amides is 1. The van der Waals surface area contributed by atoms with Gasteiger partial charge in [-0.2, -0.15) is 0 Å². The van der Waals surface area contributed by atoms with Crippen molar-refractivity contribution in [1.29, 1.82) is 0 Å². The molecule has 1 amide bonds. The van der Waals surface area contributed by atoms with E-state index in [0.29, 0.717) is 38.0 Å². The van der Waals surface area contributed by atoms with E-state index in [4.69, 9.17) is 27.9 Å². The fourth-order valence-electron chi connectivity index (χ4n) is 3.69. The summed E-state index contributed by atoms with van der Waals surface area (Å²) in [5.74, 6) is 1.78. The first-order valence-electron chi connectivity index (χ1n) is 11.5. The highest BCUT2D eigenvalue weighted by Gasteiger charge is 2.23. The Morgan fingerprint density at radius 3 is 2.56 bits per heavy atom. The van der Waals surface area contributed by atoms with Crippen molar-refractivity contribution in [2.45, 2.75) is 37.2 Å². The maximum Gasteiger partial charge on any atom is 0.251 e. The van der Waals surface area contributed by atoms with E-state index in [0.717, 1.165) is 17.7 Å². The highest BCUT2D eigenvalue weighted by molar-refractivity contribution is 7.98. The van der Waals surface area contributed by atoms with Crippen LogP contribution < -0.4 is 10.1 Å². The van der Waals surface area contributed by atoms with Crippen molar-refractivity contribution in [3.05, 3.63) is 99.3 Å². The predicted octanol–water partition coefficient (Wildman–Crippen LogP) is 6.93. The number of rotatable bonds is 9. The number of carbonyl (C=O) groups excluding carboxylic acids is 1. The first kappa shape index (κ1) is 26.1. The van der Waals surface area contributed by atoms with Crippen LogP contribution in [0.25, 0.3) is 5.69 Å². The van der Waals surface area contributed by atoms with Crippen LogP contribution in [0.3, 0.4) is 0 Å². The highest BCUT2D eigenvalue weighted by Crippen LogP contribution is 2.33. The number of nitrogens with zero attached hydrogens (tertiary/aromatic N) is 3. The smallest absolute Gasteiger partial charge is 0.251 e. The van der Waals surface area contributed by atoms with E-state index in [9.17, 15) is 4.79 Å². The molecule has 0 bridgehead atoms. The molecule has 0 radical (unpaired) electrons. The number of thioether (sulfide) groups is 1. The maximum atomic E-state index is 12.9. The molecule has 1 N–H and O–H groups in total. The molecule has 6 nitrogen and oxygen atoms in total. The quantitative estimate of drug-likeness (QED) is 0.233. The molecule has 0 saturated heterocycles. The minimum absolute atomic E-state index is 0.192. The molecule has 4 aromatic rings. The molecule has 0 fully saturated rings. The van der Waals surface area contributed by atoms with Crippen LogP contribution in [-0.4, -0.2) is 27.8 Å². The van der Waals surface area contributed by atoms with Crippen molar-refractivity contribution in [2.75, 3.05) is 7.11 Å². The van der Waals surface area contributed by atoms with Gasteiger partial charge >= 0.3 is 0 Å². The lowest BCUT2D eigenvalue weighted by atomic mass is 10.1. The second-order valence-corrected chi connectivity index (χ2v) is 9.94. The minimum atomic E-state index is -0.447. The van der Waals surface area contributed by atoms with Crippen molar-refractivity contribution in [3.8, 4) is 11.4 Å². The number of nitrogens with one attached hydrogen (secondary N) is 1. The van der Waals surface area contributed by atoms with Gasteiger partial charge in [-0.05, 0) is 66.9 Å². The molecule has 1 atom stereocenters. The Bertz CT molecular complexity index is 1360. The van der Waals surface area contributed by atoms with Gasteiger partial charge in [0, 0.05) is 16.3 Å². The Kier molecular flexibility index (Phi) is 8.56. The van der Waals surface area contributed by atoms with Crippen LogP contribution in [-0.2, 0) is 12.2 Å². The molecule has 36 heavy (non-hydrogen) atoms. The number of aromatic nitrogens is 3. The number of hydrogen-bond acceptors (Lipinski definition) is 5. The van der Waals surface area contributed by atoms with Gasteiger partial charge < -0.3 is 10.1 Å². The van der Waals surface area contributed by atoms with Crippen molar-refractivity contribution in [1.82, 2.24) is 20.1 Å². The van der Waals surface area contributed by atoms with E-state index >= 15 is 0 Å². The van der Waals surface area contributed by atoms with Crippen molar-refractivity contribution in [3.63, 3.8) is 0 Å². The molecule has 0 aliphatic carbocycles. The molecule has 1 unspecified atom stereocenters. The highest BCUT2D eigenvalue weighted by atomic mass is 35.5. The maximum absolute atomic E-state index is 12.9. The van der Waals surface area contributed by atoms with E-state index in [1.807, 2.05) is 60.0 Å². The van der Waals surface area contributed by atoms with Crippen LogP contribution >= 0.6 is 35.0 Å². The molecular formula is C27H26Cl2N4O2S. The Labute approximate surface area is 225 Å². The van der Waals surface area contributed by atoms with E-state index in [2.05, 4.69) is 22.4 Å². The van der Waals surface area contributed by atoms with E-state index < -0.39 is 6.04 Å².